The molecule has 9 rings (SSSR count). The van der Waals surface area contributed by atoms with Crippen molar-refractivity contribution in [3.63, 3.8) is 0 Å². The summed E-state index contributed by atoms with van der Waals surface area (Å²) in [7, 11) is 0. The second kappa shape index (κ2) is 9.92. The van der Waals surface area contributed by atoms with E-state index in [1.807, 2.05) is 24.5 Å². The summed E-state index contributed by atoms with van der Waals surface area (Å²) >= 11 is 0. The van der Waals surface area contributed by atoms with Crippen molar-refractivity contribution in [3.8, 4) is 28.2 Å². The molecule has 4 heterocycles. The Morgan fingerprint density at radius 2 is 1.18 bits per heavy atom. The number of hydrogen-bond acceptors (Lipinski definition) is 3. The smallest absolute Gasteiger partial charge is 0.0782 e. The highest BCUT2D eigenvalue weighted by molar-refractivity contribution is 6.15. The summed E-state index contributed by atoms with van der Waals surface area (Å²) in [5.74, 6) is 0.247. The van der Waals surface area contributed by atoms with Gasteiger partial charge in [0.1, 0.15) is 0 Å². The monoisotopic (exact) mass is 564 g/mol. The third-order valence-electron chi connectivity index (χ3n) is 9.01. The number of benzene rings is 4. The van der Waals surface area contributed by atoms with Gasteiger partial charge in [0, 0.05) is 51.6 Å². The lowest BCUT2D eigenvalue weighted by atomic mass is 9.91. The number of rotatable bonds is 4. The molecule has 0 saturated heterocycles. The maximum absolute atomic E-state index is 4.77. The van der Waals surface area contributed by atoms with Gasteiger partial charge < -0.3 is 9.47 Å². The molecule has 2 unspecified atom stereocenters. The second-order valence-corrected chi connectivity index (χ2v) is 11.4. The zero-order valence-corrected chi connectivity index (χ0v) is 24.0. The van der Waals surface area contributed by atoms with Crippen LogP contribution in [0.5, 0.6) is 0 Å². The van der Waals surface area contributed by atoms with Crippen molar-refractivity contribution in [2.75, 3.05) is 4.90 Å². The Labute approximate surface area is 255 Å². The highest BCUT2D eigenvalue weighted by Gasteiger charge is 2.40. The molecule has 2 atom stereocenters. The van der Waals surface area contributed by atoms with E-state index in [0.29, 0.717) is 0 Å². The molecule has 4 heteroatoms. The average molecular weight is 565 g/mol. The van der Waals surface area contributed by atoms with Crippen LogP contribution in [0.1, 0.15) is 11.5 Å². The summed E-state index contributed by atoms with van der Waals surface area (Å²) in [4.78, 5) is 12.1. The topological polar surface area (TPSA) is 34.0 Å². The Morgan fingerprint density at radius 1 is 0.545 bits per heavy atom. The number of allylic oxidation sites excluding steroid dienone is 2. The van der Waals surface area contributed by atoms with Crippen molar-refractivity contribution < 1.29 is 0 Å². The minimum absolute atomic E-state index is 0.162. The van der Waals surface area contributed by atoms with Gasteiger partial charge in [-0.25, -0.2) is 0 Å². The Balaban J connectivity index is 1.34. The third kappa shape index (κ3) is 3.78. The number of hydrogen-bond donors (Lipinski definition) is 0. The Bertz CT molecular complexity index is 2250. The quantitative estimate of drug-likeness (QED) is 0.213. The summed E-state index contributed by atoms with van der Waals surface area (Å²) in [5, 5.41) is 2.48. The Hall–Kier alpha value is -5.74. The summed E-state index contributed by atoms with van der Waals surface area (Å²) in [6, 6.07) is 43.2. The van der Waals surface area contributed by atoms with Crippen LogP contribution in [0.3, 0.4) is 0 Å². The first-order chi connectivity index (χ1) is 21.8. The van der Waals surface area contributed by atoms with Gasteiger partial charge in [0.2, 0.25) is 0 Å². The fourth-order valence-corrected chi connectivity index (χ4v) is 7.09. The molecule has 4 nitrogen and oxygen atoms in total. The fraction of sp³-hybridized carbons (Fsp3) is 0.0500. The third-order valence-corrected chi connectivity index (χ3v) is 9.01. The minimum Gasteiger partial charge on any atom is -0.331 e. The number of para-hydroxylation sites is 1. The molecule has 0 radical (unpaired) electrons. The highest BCUT2D eigenvalue weighted by atomic mass is 15.2. The van der Waals surface area contributed by atoms with Crippen LogP contribution < -0.4 is 4.90 Å². The Kier molecular flexibility index (Phi) is 5.60. The first-order valence-corrected chi connectivity index (χ1v) is 15.1. The van der Waals surface area contributed by atoms with Crippen LogP contribution in [0.2, 0.25) is 0 Å². The predicted octanol–water partition coefficient (Wildman–Crippen LogP) is 9.64. The zero-order valence-electron chi connectivity index (χ0n) is 24.0. The first kappa shape index (κ1) is 24.8. The minimum atomic E-state index is 0.162. The van der Waals surface area contributed by atoms with E-state index in [1.165, 1.54) is 33.1 Å². The Morgan fingerprint density at radius 3 is 1.93 bits per heavy atom. The molecular weight excluding hydrogens is 536 g/mol. The number of nitrogens with zero attached hydrogens (tertiary/aromatic N) is 4. The van der Waals surface area contributed by atoms with E-state index >= 15 is 0 Å². The summed E-state index contributed by atoms with van der Waals surface area (Å²) < 4.78 is 2.44. The standard InChI is InChI=1S/C40H28N4/c1-3-11-27(12-4-1)35-25-29(21-23-41-35)43-37-17-9-7-15-31(37)33-19-20-34-32-16-8-10-18-38(32)44(40(34)39(33)43)30-22-24-42-36(26-30)28-13-5-2-6-14-28/h1-26,31,37H. The van der Waals surface area contributed by atoms with Crippen LogP contribution in [-0.4, -0.2) is 20.6 Å². The molecule has 0 fully saturated rings. The molecule has 1 aliphatic heterocycles. The van der Waals surface area contributed by atoms with Crippen LogP contribution in [-0.2, 0) is 0 Å². The predicted molar refractivity (Wildman–Crippen MR) is 181 cm³/mol. The van der Waals surface area contributed by atoms with E-state index in [9.17, 15) is 0 Å². The van der Waals surface area contributed by atoms with Gasteiger partial charge in [-0.2, -0.15) is 0 Å². The van der Waals surface area contributed by atoms with Crippen molar-refractivity contribution in [1.29, 1.82) is 0 Å². The summed E-state index contributed by atoms with van der Waals surface area (Å²) in [6.45, 7) is 0. The van der Waals surface area contributed by atoms with E-state index in [4.69, 9.17) is 9.97 Å². The molecule has 0 N–H and O–H groups in total. The molecule has 0 amide bonds. The highest BCUT2D eigenvalue weighted by Crippen LogP contribution is 2.52. The SMILES string of the molecule is C1=CC2c3ccc4c5ccccc5n(-c5ccnc(-c6ccccc6)c5)c4c3N(c3ccnc(-c4ccccc4)c3)C2C=C1. The van der Waals surface area contributed by atoms with Crippen molar-refractivity contribution in [2.24, 2.45) is 0 Å². The van der Waals surface area contributed by atoms with Gasteiger partial charge in [-0.15, -0.1) is 0 Å². The van der Waals surface area contributed by atoms with E-state index in [2.05, 4.69) is 143 Å². The molecule has 0 saturated carbocycles. The average Bonchev–Trinajstić information content (AvgIpc) is 3.62. The number of fused-ring (bicyclic) bond motifs is 7. The summed E-state index contributed by atoms with van der Waals surface area (Å²) in [5.41, 5.74) is 11.4. The van der Waals surface area contributed by atoms with Gasteiger partial charge >= 0.3 is 0 Å². The summed E-state index contributed by atoms with van der Waals surface area (Å²) in [6.07, 6.45) is 12.9. The van der Waals surface area contributed by atoms with Crippen LogP contribution in [0.15, 0.2) is 158 Å². The molecule has 2 aliphatic rings. The molecule has 4 aromatic carbocycles. The van der Waals surface area contributed by atoms with Gasteiger partial charge in [-0.05, 0) is 35.9 Å². The molecular formula is C40H28N4. The fourth-order valence-electron chi connectivity index (χ4n) is 7.09. The normalized spacial score (nSPS) is 16.9. The van der Waals surface area contributed by atoms with E-state index in [1.54, 1.807) is 0 Å². The van der Waals surface area contributed by atoms with Crippen molar-refractivity contribution in [2.45, 2.75) is 12.0 Å². The van der Waals surface area contributed by atoms with Crippen LogP contribution in [0, 0.1) is 0 Å². The zero-order chi connectivity index (χ0) is 29.0. The lowest BCUT2D eigenvalue weighted by Gasteiger charge is -2.29. The van der Waals surface area contributed by atoms with Crippen LogP contribution in [0.25, 0.3) is 50.0 Å². The van der Waals surface area contributed by atoms with Gasteiger partial charge in [0.05, 0.1) is 34.2 Å². The van der Waals surface area contributed by atoms with Crippen molar-refractivity contribution in [3.05, 3.63) is 164 Å². The van der Waals surface area contributed by atoms with E-state index in [0.717, 1.165) is 33.9 Å². The molecule has 0 spiro atoms. The lowest BCUT2D eigenvalue weighted by molar-refractivity contribution is 0.744. The van der Waals surface area contributed by atoms with Crippen molar-refractivity contribution >= 4 is 33.2 Å². The molecule has 3 aromatic heterocycles. The number of pyridine rings is 2. The van der Waals surface area contributed by atoms with Gasteiger partial charge in [-0.1, -0.05) is 115 Å². The first-order valence-electron chi connectivity index (χ1n) is 15.1. The van der Waals surface area contributed by atoms with Crippen molar-refractivity contribution in [1.82, 2.24) is 14.5 Å². The number of anilines is 2. The van der Waals surface area contributed by atoms with E-state index < -0.39 is 0 Å². The molecule has 0 bridgehead atoms. The molecule has 208 valence electrons. The van der Waals surface area contributed by atoms with Gasteiger partial charge in [0.25, 0.3) is 0 Å². The van der Waals surface area contributed by atoms with Crippen LogP contribution in [0.4, 0.5) is 11.4 Å². The van der Waals surface area contributed by atoms with Gasteiger partial charge in [-0.3, -0.25) is 9.97 Å². The largest absolute Gasteiger partial charge is 0.331 e. The maximum Gasteiger partial charge on any atom is 0.0782 e. The van der Waals surface area contributed by atoms with Gasteiger partial charge in [0.15, 0.2) is 0 Å². The molecule has 1 aliphatic carbocycles. The number of aromatic nitrogens is 3. The van der Waals surface area contributed by atoms with E-state index in [-0.39, 0.29) is 12.0 Å². The maximum atomic E-state index is 4.77. The lowest BCUT2D eigenvalue weighted by Crippen LogP contribution is -2.28. The van der Waals surface area contributed by atoms with Crippen LogP contribution >= 0.6 is 0 Å². The molecule has 44 heavy (non-hydrogen) atoms. The second-order valence-electron chi connectivity index (χ2n) is 11.4. The molecule has 7 aromatic rings.